The van der Waals surface area contributed by atoms with Gasteiger partial charge < -0.3 is 19.6 Å². The van der Waals surface area contributed by atoms with Crippen molar-refractivity contribution in [2.24, 2.45) is 0 Å². The van der Waals surface area contributed by atoms with Crippen molar-refractivity contribution in [2.45, 2.75) is 18.4 Å². The first-order valence-corrected chi connectivity index (χ1v) is 7.37. The number of ether oxygens (including phenoxy) is 1. The van der Waals surface area contributed by atoms with Gasteiger partial charge in [-0.2, -0.15) is 0 Å². The summed E-state index contributed by atoms with van der Waals surface area (Å²) in [5, 5.41) is 10.4. The average Bonchev–Trinajstić information content (AvgIpc) is 2.47. The van der Waals surface area contributed by atoms with Crippen LogP contribution < -0.4 is 9.64 Å². The normalized spacial score (nSPS) is 25.4. The maximum Gasteiger partial charge on any atom is 0.277 e. The summed E-state index contributed by atoms with van der Waals surface area (Å²) in [5.74, 6) is 1.09. The minimum absolute atomic E-state index is 0.111. The molecule has 0 saturated carbocycles. The zero-order chi connectivity index (χ0) is 15.4. The van der Waals surface area contributed by atoms with Crippen molar-refractivity contribution in [3.05, 3.63) is 29.8 Å². The molecule has 5 heteroatoms. The molecule has 1 heterocycles. The molecule has 1 aliphatic heterocycles. The fraction of sp³-hybridized carbons (Fsp3) is 0.562. The van der Waals surface area contributed by atoms with E-state index in [4.69, 9.17) is 4.74 Å². The van der Waals surface area contributed by atoms with Gasteiger partial charge in [0.05, 0.1) is 13.7 Å². The lowest BCUT2D eigenvalue weighted by atomic mass is 9.87. The van der Waals surface area contributed by atoms with Gasteiger partial charge in [0.1, 0.15) is 18.4 Å². The number of aliphatic hydroxyl groups excluding tert-OH is 1. The standard InChI is InChI=1S/C16H24N2O3/c1-17(2)16(20)11-18-9-8-14(15(19)10-18)12-4-6-13(21-3)7-5-12/h4-7,14-15,19H,8-11H2,1-3H3/p+1/t14-,15-/m1/s1. The highest BCUT2D eigenvalue weighted by Gasteiger charge is 2.32. The number of rotatable bonds is 4. The number of hydrogen-bond donors (Lipinski definition) is 2. The van der Waals surface area contributed by atoms with Gasteiger partial charge in [-0.25, -0.2) is 0 Å². The summed E-state index contributed by atoms with van der Waals surface area (Å²) in [6, 6.07) is 7.89. The third-order valence-corrected chi connectivity index (χ3v) is 4.22. The van der Waals surface area contributed by atoms with Gasteiger partial charge in [-0.15, -0.1) is 0 Å². The number of piperidine rings is 1. The first-order chi connectivity index (χ1) is 10.0. The van der Waals surface area contributed by atoms with Crippen molar-refractivity contribution in [2.75, 3.05) is 40.8 Å². The third-order valence-electron chi connectivity index (χ3n) is 4.22. The number of carbonyl (C=O) groups excluding carboxylic acids is 1. The Kier molecular flexibility index (Phi) is 5.20. The summed E-state index contributed by atoms with van der Waals surface area (Å²) >= 11 is 0. The molecule has 1 saturated heterocycles. The molecule has 1 fully saturated rings. The van der Waals surface area contributed by atoms with E-state index in [0.29, 0.717) is 13.1 Å². The highest BCUT2D eigenvalue weighted by Crippen LogP contribution is 2.26. The molecule has 0 radical (unpaired) electrons. The molecule has 2 N–H and O–H groups in total. The predicted octanol–water partition coefficient (Wildman–Crippen LogP) is -0.483. The van der Waals surface area contributed by atoms with Crippen LogP contribution in [0.1, 0.15) is 17.9 Å². The molecular weight excluding hydrogens is 268 g/mol. The van der Waals surface area contributed by atoms with Crippen molar-refractivity contribution in [1.82, 2.24) is 4.90 Å². The Balaban J connectivity index is 1.95. The van der Waals surface area contributed by atoms with Crippen LogP contribution >= 0.6 is 0 Å². The molecule has 21 heavy (non-hydrogen) atoms. The van der Waals surface area contributed by atoms with Crippen molar-refractivity contribution in [1.29, 1.82) is 0 Å². The number of amides is 1. The van der Waals surface area contributed by atoms with E-state index in [-0.39, 0.29) is 11.8 Å². The Morgan fingerprint density at radius 1 is 1.38 bits per heavy atom. The molecule has 2 rings (SSSR count). The lowest BCUT2D eigenvalue weighted by molar-refractivity contribution is -0.901. The monoisotopic (exact) mass is 293 g/mol. The van der Waals surface area contributed by atoms with Crippen LogP contribution in [0, 0.1) is 0 Å². The summed E-state index contributed by atoms with van der Waals surface area (Å²) in [6.07, 6.45) is 0.487. The number of benzene rings is 1. The minimum atomic E-state index is -0.405. The van der Waals surface area contributed by atoms with Gasteiger partial charge in [0, 0.05) is 26.4 Å². The third kappa shape index (κ3) is 3.95. The van der Waals surface area contributed by atoms with Gasteiger partial charge in [0.15, 0.2) is 6.54 Å². The fourth-order valence-corrected chi connectivity index (χ4v) is 2.86. The largest absolute Gasteiger partial charge is 0.497 e. The number of carbonyl (C=O) groups is 1. The summed E-state index contributed by atoms with van der Waals surface area (Å²) in [7, 11) is 5.18. The number of nitrogens with one attached hydrogen (secondary N) is 1. The molecule has 1 aromatic rings. The number of likely N-dealkylation sites (tertiary alicyclic amines) is 1. The van der Waals surface area contributed by atoms with E-state index < -0.39 is 6.10 Å². The van der Waals surface area contributed by atoms with E-state index in [2.05, 4.69) is 0 Å². The highest BCUT2D eigenvalue weighted by molar-refractivity contribution is 5.76. The molecule has 116 valence electrons. The molecule has 5 nitrogen and oxygen atoms in total. The first kappa shape index (κ1) is 15.8. The molecule has 1 aromatic carbocycles. The Morgan fingerprint density at radius 2 is 2.05 bits per heavy atom. The number of quaternary nitrogens is 1. The summed E-state index contributed by atoms with van der Waals surface area (Å²) in [5.41, 5.74) is 1.14. The van der Waals surface area contributed by atoms with Crippen LogP contribution in [0.5, 0.6) is 5.75 Å². The Morgan fingerprint density at radius 3 is 2.57 bits per heavy atom. The highest BCUT2D eigenvalue weighted by atomic mass is 16.5. The Labute approximate surface area is 126 Å². The van der Waals surface area contributed by atoms with E-state index in [9.17, 15) is 9.90 Å². The quantitative estimate of drug-likeness (QED) is 0.788. The number of likely N-dealkylation sites (N-methyl/N-ethyl adjacent to an activating group) is 1. The number of hydrogen-bond acceptors (Lipinski definition) is 3. The van der Waals surface area contributed by atoms with E-state index in [1.54, 1.807) is 26.1 Å². The van der Waals surface area contributed by atoms with Gasteiger partial charge in [0.2, 0.25) is 0 Å². The van der Waals surface area contributed by atoms with Crippen molar-refractivity contribution < 1.29 is 19.5 Å². The molecule has 0 aromatic heterocycles. The molecular formula is C16H25N2O3+. The molecule has 3 atom stereocenters. The summed E-state index contributed by atoms with van der Waals surface area (Å²) in [6.45, 7) is 1.99. The SMILES string of the molecule is COc1ccc([C@H]2CC[NH+](CC(=O)N(C)C)C[C@H]2O)cc1. The zero-order valence-electron chi connectivity index (χ0n) is 13.0. The summed E-state index contributed by atoms with van der Waals surface area (Å²) in [4.78, 5) is 14.5. The molecule has 1 unspecified atom stereocenters. The van der Waals surface area contributed by atoms with Crippen molar-refractivity contribution in [3.8, 4) is 5.75 Å². The second kappa shape index (κ2) is 6.91. The molecule has 1 amide bonds. The smallest absolute Gasteiger partial charge is 0.277 e. The van der Waals surface area contributed by atoms with E-state index in [0.717, 1.165) is 29.2 Å². The average molecular weight is 293 g/mol. The first-order valence-electron chi connectivity index (χ1n) is 7.37. The minimum Gasteiger partial charge on any atom is -0.497 e. The molecule has 0 aliphatic carbocycles. The second-order valence-electron chi connectivity index (χ2n) is 5.90. The van der Waals surface area contributed by atoms with E-state index in [1.807, 2.05) is 24.3 Å². The van der Waals surface area contributed by atoms with Crippen LogP contribution in [0.3, 0.4) is 0 Å². The number of methoxy groups -OCH3 is 1. The maximum absolute atomic E-state index is 11.7. The Hall–Kier alpha value is -1.59. The van der Waals surface area contributed by atoms with Gasteiger partial charge >= 0.3 is 0 Å². The molecule has 1 aliphatic rings. The van der Waals surface area contributed by atoms with Crippen LogP contribution in [0.4, 0.5) is 0 Å². The van der Waals surface area contributed by atoms with Crippen LogP contribution in [-0.2, 0) is 4.79 Å². The van der Waals surface area contributed by atoms with E-state index in [1.165, 1.54) is 0 Å². The van der Waals surface area contributed by atoms with E-state index >= 15 is 0 Å². The van der Waals surface area contributed by atoms with Crippen LogP contribution in [0.15, 0.2) is 24.3 Å². The zero-order valence-corrected chi connectivity index (χ0v) is 13.0. The number of nitrogens with zero attached hydrogens (tertiary/aromatic N) is 1. The number of aliphatic hydroxyl groups is 1. The second-order valence-corrected chi connectivity index (χ2v) is 5.90. The predicted molar refractivity (Wildman–Crippen MR) is 80.6 cm³/mol. The Bertz CT molecular complexity index is 473. The lowest BCUT2D eigenvalue weighted by Crippen LogP contribution is -3.15. The van der Waals surface area contributed by atoms with Crippen LogP contribution in [0.25, 0.3) is 0 Å². The molecule has 0 spiro atoms. The van der Waals surface area contributed by atoms with Crippen LogP contribution in [0.2, 0.25) is 0 Å². The van der Waals surface area contributed by atoms with Gasteiger partial charge in [-0.1, -0.05) is 12.1 Å². The van der Waals surface area contributed by atoms with Gasteiger partial charge in [-0.3, -0.25) is 4.79 Å². The van der Waals surface area contributed by atoms with Gasteiger partial charge in [0.25, 0.3) is 5.91 Å². The van der Waals surface area contributed by atoms with Crippen LogP contribution in [-0.4, -0.2) is 62.9 Å². The maximum atomic E-state index is 11.7. The van der Waals surface area contributed by atoms with Crippen molar-refractivity contribution >= 4 is 5.91 Å². The van der Waals surface area contributed by atoms with Crippen molar-refractivity contribution in [3.63, 3.8) is 0 Å². The van der Waals surface area contributed by atoms with Gasteiger partial charge in [-0.05, 0) is 17.7 Å². The molecule has 0 bridgehead atoms. The summed E-state index contributed by atoms with van der Waals surface area (Å²) < 4.78 is 5.16. The fourth-order valence-electron chi connectivity index (χ4n) is 2.86. The topological polar surface area (TPSA) is 54.2 Å². The lowest BCUT2D eigenvalue weighted by Gasteiger charge is -2.33.